The number of likely N-dealkylation sites (tertiary alicyclic amines) is 1. The van der Waals surface area contributed by atoms with E-state index < -0.39 is 18.2 Å². The second-order valence-corrected chi connectivity index (χ2v) is 7.06. The molecule has 1 heterocycles. The van der Waals surface area contributed by atoms with Crippen LogP contribution >= 0.6 is 0 Å². The van der Waals surface area contributed by atoms with Crippen LogP contribution in [-0.2, 0) is 6.18 Å². The molecule has 0 saturated carbocycles. The topological polar surface area (TPSA) is 32.3 Å². The third kappa shape index (κ3) is 5.53. The van der Waals surface area contributed by atoms with Crippen molar-refractivity contribution in [3.8, 4) is 11.1 Å². The van der Waals surface area contributed by atoms with E-state index in [1.165, 1.54) is 12.1 Å². The van der Waals surface area contributed by atoms with Crippen LogP contribution in [0.1, 0.15) is 28.8 Å². The van der Waals surface area contributed by atoms with E-state index in [9.17, 15) is 26.7 Å². The molecule has 0 bridgehead atoms. The number of carbonyl (C=O) groups is 1. The quantitative estimate of drug-likeness (QED) is 0.714. The van der Waals surface area contributed by atoms with Gasteiger partial charge in [0, 0.05) is 24.7 Å². The van der Waals surface area contributed by atoms with Crippen molar-refractivity contribution in [1.82, 2.24) is 10.2 Å². The Labute approximate surface area is 165 Å². The molecule has 156 valence electrons. The lowest BCUT2D eigenvalue weighted by Crippen LogP contribution is -2.45. The molecule has 0 radical (unpaired) electrons. The SMILES string of the molecule is O=C(NC1CCN(CC(F)F)CC1)c1ccccc1-c1ccc(C(F)(F)F)cc1. The third-order valence-electron chi connectivity index (χ3n) is 5.01. The molecule has 0 spiro atoms. The van der Waals surface area contributed by atoms with Crippen LogP contribution in [0.15, 0.2) is 48.5 Å². The highest BCUT2D eigenvalue weighted by molar-refractivity contribution is 6.01. The molecular weight excluding hydrogens is 391 g/mol. The van der Waals surface area contributed by atoms with E-state index in [-0.39, 0.29) is 18.5 Å². The maximum absolute atomic E-state index is 12.8. The Balaban J connectivity index is 1.70. The molecule has 1 saturated heterocycles. The molecule has 1 aliphatic heterocycles. The summed E-state index contributed by atoms with van der Waals surface area (Å²) in [6.45, 7) is 0.698. The summed E-state index contributed by atoms with van der Waals surface area (Å²) in [5, 5.41) is 2.92. The molecule has 1 aliphatic rings. The van der Waals surface area contributed by atoms with Gasteiger partial charge in [-0.1, -0.05) is 30.3 Å². The maximum Gasteiger partial charge on any atom is 0.416 e. The predicted octanol–water partition coefficient (Wildman–Crippen LogP) is 4.83. The van der Waals surface area contributed by atoms with E-state index in [2.05, 4.69) is 5.32 Å². The van der Waals surface area contributed by atoms with Crippen molar-refractivity contribution >= 4 is 5.91 Å². The first-order valence-corrected chi connectivity index (χ1v) is 9.32. The number of nitrogens with zero attached hydrogens (tertiary/aromatic N) is 1. The number of hydrogen-bond acceptors (Lipinski definition) is 2. The van der Waals surface area contributed by atoms with Crippen molar-refractivity contribution in [3.63, 3.8) is 0 Å². The molecule has 2 aromatic rings. The van der Waals surface area contributed by atoms with Crippen LogP contribution in [-0.4, -0.2) is 42.9 Å². The molecule has 0 unspecified atom stereocenters. The molecule has 3 nitrogen and oxygen atoms in total. The Morgan fingerprint density at radius 3 is 2.24 bits per heavy atom. The molecule has 3 rings (SSSR count). The zero-order valence-corrected chi connectivity index (χ0v) is 15.6. The Hall–Kier alpha value is -2.48. The van der Waals surface area contributed by atoms with Crippen LogP contribution in [0.25, 0.3) is 11.1 Å². The summed E-state index contributed by atoms with van der Waals surface area (Å²) in [5.41, 5.74) is 0.658. The van der Waals surface area contributed by atoms with Crippen LogP contribution in [0.4, 0.5) is 22.0 Å². The summed E-state index contributed by atoms with van der Waals surface area (Å²) >= 11 is 0. The molecule has 1 amide bonds. The molecule has 0 aromatic heterocycles. The van der Waals surface area contributed by atoms with Crippen molar-refractivity contribution in [3.05, 3.63) is 59.7 Å². The largest absolute Gasteiger partial charge is 0.416 e. The molecule has 2 aromatic carbocycles. The first-order valence-electron chi connectivity index (χ1n) is 9.32. The van der Waals surface area contributed by atoms with Crippen LogP contribution in [0.5, 0.6) is 0 Å². The molecule has 29 heavy (non-hydrogen) atoms. The van der Waals surface area contributed by atoms with Gasteiger partial charge in [0.25, 0.3) is 12.3 Å². The fourth-order valence-corrected chi connectivity index (χ4v) is 3.49. The van der Waals surface area contributed by atoms with Gasteiger partial charge in [-0.2, -0.15) is 13.2 Å². The Morgan fingerprint density at radius 2 is 1.66 bits per heavy atom. The lowest BCUT2D eigenvalue weighted by atomic mass is 9.97. The molecule has 0 aliphatic carbocycles. The van der Waals surface area contributed by atoms with Crippen molar-refractivity contribution in [2.24, 2.45) is 0 Å². The summed E-state index contributed by atoms with van der Waals surface area (Å²) in [6, 6.07) is 11.2. The summed E-state index contributed by atoms with van der Waals surface area (Å²) in [4.78, 5) is 14.4. The zero-order chi connectivity index (χ0) is 21.0. The van der Waals surface area contributed by atoms with Crippen molar-refractivity contribution < 1.29 is 26.7 Å². The average Bonchev–Trinajstić information content (AvgIpc) is 2.68. The summed E-state index contributed by atoms with van der Waals surface area (Å²) < 4.78 is 63.3. The van der Waals surface area contributed by atoms with Gasteiger partial charge in [-0.05, 0) is 42.2 Å². The van der Waals surface area contributed by atoms with Gasteiger partial charge in [0.2, 0.25) is 0 Å². The zero-order valence-electron chi connectivity index (χ0n) is 15.6. The molecule has 8 heteroatoms. The maximum atomic E-state index is 12.8. The van der Waals surface area contributed by atoms with E-state index in [0.29, 0.717) is 42.6 Å². The van der Waals surface area contributed by atoms with E-state index in [1.807, 2.05) is 0 Å². The standard InChI is InChI=1S/C21H21F5N2O/c22-19(23)13-28-11-9-16(10-12-28)27-20(29)18-4-2-1-3-17(18)14-5-7-15(8-6-14)21(24,25)26/h1-8,16,19H,9-13H2,(H,27,29). The fourth-order valence-electron chi connectivity index (χ4n) is 3.49. The normalized spacial score (nSPS) is 16.2. The number of carbonyl (C=O) groups excluding carboxylic acids is 1. The number of rotatable bonds is 5. The number of amides is 1. The van der Waals surface area contributed by atoms with E-state index >= 15 is 0 Å². The monoisotopic (exact) mass is 412 g/mol. The average molecular weight is 412 g/mol. The van der Waals surface area contributed by atoms with Crippen LogP contribution < -0.4 is 5.32 Å². The van der Waals surface area contributed by atoms with E-state index in [0.717, 1.165) is 12.1 Å². The third-order valence-corrected chi connectivity index (χ3v) is 5.01. The van der Waals surface area contributed by atoms with Gasteiger partial charge in [-0.3, -0.25) is 9.69 Å². The number of benzene rings is 2. The van der Waals surface area contributed by atoms with Gasteiger partial charge in [0.15, 0.2) is 0 Å². The first-order chi connectivity index (χ1) is 13.7. The van der Waals surface area contributed by atoms with Crippen LogP contribution in [0, 0.1) is 0 Å². The van der Waals surface area contributed by atoms with Crippen molar-refractivity contribution in [2.45, 2.75) is 31.5 Å². The minimum absolute atomic E-state index is 0.128. The Bertz CT molecular complexity index is 828. The van der Waals surface area contributed by atoms with Gasteiger partial charge in [0.1, 0.15) is 0 Å². The summed E-state index contributed by atoms with van der Waals surface area (Å²) in [7, 11) is 0. The molecule has 1 N–H and O–H groups in total. The van der Waals surface area contributed by atoms with Crippen LogP contribution in [0.3, 0.4) is 0 Å². The number of hydrogen-bond donors (Lipinski definition) is 1. The Kier molecular flexibility index (Phi) is 6.52. The van der Waals surface area contributed by atoms with Gasteiger partial charge in [0.05, 0.1) is 12.1 Å². The highest BCUT2D eigenvalue weighted by atomic mass is 19.4. The lowest BCUT2D eigenvalue weighted by Gasteiger charge is -2.32. The number of halogens is 5. The fraction of sp³-hybridized carbons (Fsp3) is 0.381. The second kappa shape index (κ2) is 8.90. The second-order valence-electron chi connectivity index (χ2n) is 7.06. The lowest BCUT2D eigenvalue weighted by molar-refractivity contribution is -0.137. The van der Waals surface area contributed by atoms with Gasteiger partial charge >= 0.3 is 6.18 Å². The minimum Gasteiger partial charge on any atom is -0.349 e. The number of alkyl halides is 5. The first kappa shape index (κ1) is 21.2. The van der Waals surface area contributed by atoms with Crippen LogP contribution in [0.2, 0.25) is 0 Å². The molecular formula is C21H21F5N2O. The minimum atomic E-state index is -4.42. The predicted molar refractivity (Wildman–Crippen MR) is 99.8 cm³/mol. The smallest absolute Gasteiger partial charge is 0.349 e. The van der Waals surface area contributed by atoms with Gasteiger partial charge in [-0.15, -0.1) is 0 Å². The van der Waals surface area contributed by atoms with Gasteiger partial charge < -0.3 is 5.32 Å². The highest BCUT2D eigenvalue weighted by Gasteiger charge is 2.30. The summed E-state index contributed by atoms with van der Waals surface area (Å²) in [6.07, 6.45) is -5.66. The number of piperidine rings is 1. The van der Waals surface area contributed by atoms with Crippen molar-refractivity contribution in [2.75, 3.05) is 19.6 Å². The number of nitrogens with one attached hydrogen (secondary N) is 1. The van der Waals surface area contributed by atoms with Crippen molar-refractivity contribution in [1.29, 1.82) is 0 Å². The Morgan fingerprint density at radius 1 is 1.03 bits per heavy atom. The van der Waals surface area contributed by atoms with E-state index in [4.69, 9.17) is 0 Å². The highest BCUT2D eigenvalue weighted by Crippen LogP contribution is 2.32. The summed E-state index contributed by atoms with van der Waals surface area (Å²) in [5.74, 6) is -0.326. The molecule has 0 atom stereocenters. The van der Waals surface area contributed by atoms with E-state index in [1.54, 1.807) is 29.2 Å². The van der Waals surface area contributed by atoms with Gasteiger partial charge in [-0.25, -0.2) is 8.78 Å². The molecule has 1 fully saturated rings.